The third-order valence-electron chi connectivity index (χ3n) is 5.71. The van der Waals surface area contributed by atoms with Gasteiger partial charge in [0.2, 0.25) is 0 Å². The highest BCUT2D eigenvalue weighted by Crippen LogP contribution is 2.39. The zero-order valence-corrected chi connectivity index (χ0v) is 24.5. The Morgan fingerprint density at radius 3 is 2.56 bits per heavy atom. The first-order valence-electron chi connectivity index (χ1n) is 11.7. The summed E-state index contributed by atoms with van der Waals surface area (Å²) in [5, 5.41) is 1.51. The molecule has 1 fully saturated rings. The summed E-state index contributed by atoms with van der Waals surface area (Å²) >= 11 is 17.1. The second kappa shape index (κ2) is 12.3. The van der Waals surface area contributed by atoms with E-state index in [4.69, 9.17) is 42.1 Å². The molecule has 0 atom stereocenters. The lowest BCUT2D eigenvalue weighted by Gasteiger charge is -2.14. The van der Waals surface area contributed by atoms with Crippen molar-refractivity contribution in [1.29, 1.82) is 0 Å². The molecule has 0 N–H and O–H groups in total. The van der Waals surface area contributed by atoms with Gasteiger partial charge >= 0.3 is 0 Å². The van der Waals surface area contributed by atoms with Crippen LogP contribution in [0, 0.1) is 0 Å². The number of ether oxygens (including phenoxy) is 2. The van der Waals surface area contributed by atoms with Crippen molar-refractivity contribution < 1.29 is 18.7 Å². The van der Waals surface area contributed by atoms with Gasteiger partial charge in [-0.25, -0.2) is 4.99 Å². The molecule has 1 aromatic heterocycles. The van der Waals surface area contributed by atoms with Crippen molar-refractivity contribution in [2.75, 3.05) is 7.11 Å². The minimum atomic E-state index is -0.170. The van der Waals surface area contributed by atoms with Crippen molar-refractivity contribution in [1.82, 2.24) is 4.90 Å². The summed E-state index contributed by atoms with van der Waals surface area (Å²) < 4.78 is 17.8. The molecule has 0 unspecified atom stereocenters. The monoisotopic (exact) mass is 642 g/mol. The van der Waals surface area contributed by atoms with E-state index in [0.29, 0.717) is 37.4 Å². The molecular formula is C29H21BrCl2N2O4S. The van der Waals surface area contributed by atoms with Crippen LogP contribution in [0.3, 0.4) is 0 Å². The van der Waals surface area contributed by atoms with Crippen molar-refractivity contribution >= 4 is 73.7 Å². The van der Waals surface area contributed by atoms with Crippen LogP contribution in [0.25, 0.3) is 6.08 Å². The van der Waals surface area contributed by atoms with E-state index in [1.165, 1.54) is 11.8 Å². The third-order valence-corrected chi connectivity index (χ3v) is 8.14. The van der Waals surface area contributed by atoms with Crippen molar-refractivity contribution in [2.45, 2.75) is 13.2 Å². The van der Waals surface area contributed by atoms with Crippen LogP contribution >= 0.6 is 50.9 Å². The number of methoxy groups -OCH3 is 1. The molecule has 0 radical (unpaired) electrons. The van der Waals surface area contributed by atoms with E-state index in [0.717, 1.165) is 21.3 Å². The highest BCUT2D eigenvalue weighted by atomic mass is 79.9. The van der Waals surface area contributed by atoms with Crippen LogP contribution in [-0.4, -0.2) is 23.1 Å². The smallest absolute Gasteiger partial charge is 0.267 e. The summed E-state index contributed by atoms with van der Waals surface area (Å²) in [5.41, 5.74) is 2.37. The fraction of sp³-hybridized carbons (Fsp3) is 0.103. The van der Waals surface area contributed by atoms with Gasteiger partial charge in [-0.2, -0.15) is 0 Å². The number of nitrogens with zero attached hydrogens (tertiary/aromatic N) is 2. The molecular weight excluding hydrogens is 623 g/mol. The number of hydrogen-bond donors (Lipinski definition) is 0. The summed E-state index contributed by atoms with van der Waals surface area (Å²) in [4.78, 5) is 20.4. The maximum Gasteiger partial charge on any atom is 0.267 e. The van der Waals surface area contributed by atoms with E-state index in [2.05, 4.69) is 15.9 Å². The van der Waals surface area contributed by atoms with Crippen LogP contribution in [-0.2, 0) is 17.9 Å². The van der Waals surface area contributed by atoms with E-state index in [9.17, 15) is 4.79 Å². The van der Waals surface area contributed by atoms with Crippen molar-refractivity contribution in [2.24, 2.45) is 4.99 Å². The van der Waals surface area contributed by atoms with Crippen LogP contribution < -0.4 is 9.47 Å². The van der Waals surface area contributed by atoms with Gasteiger partial charge in [0, 0.05) is 4.47 Å². The first kappa shape index (κ1) is 27.4. The average molecular weight is 644 g/mol. The zero-order valence-electron chi connectivity index (χ0n) is 20.6. The van der Waals surface area contributed by atoms with Gasteiger partial charge in [-0.3, -0.25) is 9.69 Å². The lowest BCUT2D eigenvalue weighted by molar-refractivity contribution is -0.122. The zero-order chi connectivity index (χ0) is 27.4. The lowest BCUT2D eigenvalue weighted by Crippen LogP contribution is -2.28. The predicted molar refractivity (Wildman–Crippen MR) is 160 cm³/mol. The SMILES string of the molecule is COc1cc(/C=C2\SC(=Nc3ccccc3)N(Cc3ccco3)C2=O)c(Br)cc1OCc1ccc(Cl)c(Cl)c1. The predicted octanol–water partition coefficient (Wildman–Crippen LogP) is 8.74. The molecule has 6 nitrogen and oxygen atoms in total. The highest BCUT2D eigenvalue weighted by Gasteiger charge is 2.34. The van der Waals surface area contributed by atoms with Crippen LogP contribution in [0.4, 0.5) is 5.69 Å². The second-order valence-electron chi connectivity index (χ2n) is 8.37. The van der Waals surface area contributed by atoms with E-state index in [-0.39, 0.29) is 19.1 Å². The standard InChI is InChI=1S/C29H21BrCl2N2O4S/c1-36-25-13-19(22(30)15-26(25)38-17-18-9-10-23(31)24(32)12-18)14-27-28(35)34(16-21-8-5-11-37-21)29(39-27)33-20-6-3-2-4-7-20/h2-15H,16-17H2,1H3/b27-14-,33-29?. The van der Waals surface area contributed by atoms with Gasteiger partial charge in [0.1, 0.15) is 12.4 Å². The Bertz CT molecular complexity index is 1560. The molecule has 0 bridgehead atoms. The van der Waals surface area contributed by atoms with E-state index < -0.39 is 0 Å². The summed E-state index contributed by atoms with van der Waals surface area (Å²) in [7, 11) is 1.57. The Morgan fingerprint density at radius 2 is 1.85 bits per heavy atom. The molecule has 0 saturated carbocycles. The van der Waals surface area contributed by atoms with Crippen molar-refractivity contribution in [3.63, 3.8) is 0 Å². The normalized spacial score (nSPS) is 15.4. The molecule has 198 valence electrons. The number of benzene rings is 3. The number of aliphatic imine (C=N–C) groups is 1. The third kappa shape index (κ3) is 6.53. The van der Waals surface area contributed by atoms with Crippen molar-refractivity contribution in [3.05, 3.63) is 115 Å². The Kier molecular flexibility index (Phi) is 8.67. The number of amides is 1. The first-order valence-corrected chi connectivity index (χ1v) is 14.1. The minimum absolute atomic E-state index is 0.170. The summed E-state index contributed by atoms with van der Waals surface area (Å²) in [6.45, 7) is 0.545. The molecule has 0 spiro atoms. The number of halogens is 3. The van der Waals surface area contributed by atoms with Gasteiger partial charge in [-0.05, 0) is 77.5 Å². The number of carbonyl (C=O) groups is 1. The highest BCUT2D eigenvalue weighted by molar-refractivity contribution is 9.10. The number of hydrogen-bond acceptors (Lipinski definition) is 6. The van der Waals surface area contributed by atoms with Gasteiger partial charge in [-0.15, -0.1) is 0 Å². The maximum absolute atomic E-state index is 13.5. The van der Waals surface area contributed by atoms with Crippen molar-refractivity contribution in [3.8, 4) is 11.5 Å². The van der Waals surface area contributed by atoms with Gasteiger partial charge in [-0.1, -0.05) is 63.4 Å². The largest absolute Gasteiger partial charge is 0.493 e. The molecule has 1 aliphatic rings. The Balaban J connectivity index is 1.42. The van der Waals surface area contributed by atoms with Crippen LogP contribution in [0.2, 0.25) is 10.0 Å². The molecule has 3 aromatic carbocycles. The van der Waals surface area contributed by atoms with E-state index in [1.807, 2.05) is 60.7 Å². The molecule has 5 rings (SSSR count). The fourth-order valence-electron chi connectivity index (χ4n) is 3.77. The van der Waals surface area contributed by atoms with Crippen LogP contribution in [0.15, 0.2) is 97.8 Å². The number of furan rings is 1. The molecule has 39 heavy (non-hydrogen) atoms. The summed E-state index contributed by atoms with van der Waals surface area (Å²) in [6, 6.07) is 22.1. The molecule has 4 aromatic rings. The second-order valence-corrected chi connectivity index (χ2v) is 11.1. The number of para-hydroxylation sites is 1. The lowest BCUT2D eigenvalue weighted by atomic mass is 10.1. The Hall–Kier alpha value is -3.17. The van der Waals surface area contributed by atoms with Gasteiger partial charge in [0.25, 0.3) is 5.91 Å². The van der Waals surface area contributed by atoms with Gasteiger partial charge < -0.3 is 13.9 Å². The molecule has 1 saturated heterocycles. The summed E-state index contributed by atoms with van der Waals surface area (Å²) in [6.07, 6.45) is 3.40. The maximum atomic E-state index is 13.5. The van der Waals surface area contributed by atoms with Crippen LogP contribution in [0.1, 0.15) is 16.9 Å². The Morgan fingerprint density at radius 1 is 1.03 bits per heavy atom. The molecule has 0 aliphatic carbocycles. The first-order chi connectivity index (χ1) is 18.9. The quantitative estimate of drug-likeness (QED) is 0.180. The number of amidine groups is 1. The Labute approximate surface area is 248 Å². The summed E-state index contributed by atoms with van der Waals surface area (Å²) in [5.74, 6) is 1.55. The van der Waals surface area contributed by atoms with E-state index >= 15 is 0 Å². The molecule has 2 heterocycles. The van der Waals surface area contributed by atoms with Gasteiger partial charge in [0.15, 0.2) is 16.7 Å². The topological polar surface area (TPSA) is 64.3 Å². The molecule has 1 amide bonds. The fourth-order valence-corrected chi connectivity index (χ4v) is 5.51. The number of thioether (sulfide) groups is 1. The minimum Gasteiger partial charge on any atom is -0.493 e. The van der Waals surface area contributed by atoms with E-state index in [1.54, 1.807) is 36.5 Å². The molecule has 1 aliphatic heterocycles. The van der Waals surface area contributed by atoms with Gasteiger partial charge in [0.05, 0.1) is 40.6 Å². The number of rotatable bonds is 8. The average Bonchev–Trinajstić information content (AvgIpc) is 3.55. The van der Waals surface area contributed by atoms with Crippen LogP contribution in [0.5, 0.6) is 11.5 Å². The molecule has 10 heteroatoms. The number of carbonyl (C=O) groups excluding carboxylic acids is 1.